The summed E-state index contributed by atoms with van der Waals surface area (Å²) in [5.41, 5.74) is 0.315. The van der Waals surface area contributed by atoms with Crippen LogP contribution in [0.1, 0.15) is 25.2 Å². The molecule has 1 aliphatic heterocycles. The fourth-order valence-corrected chi connectivity index (χ4v) is 5.21. The molecule has 2 heterocycles. The largest absolute Gasteiger partial charge is 0.441 e. The maximum absolute atomic E-state index is 13.9. The number of aromatic nitrogens is 1. The zero-order chi connectivity index (χ0) is 20.9. The summed E-state index contributed by atoms with van der Waals surface area (Å²) < 4.78 is 48.2. The van der Waals surface area contributed by atoms with Gasteiger partial charge in [0.2, 0.25) is 5.91 Å². The van der Waals surface area contributed by atoms with Crippen LogP contribution in [-0.2, 0) is 25.8 Å². The lowest BCUT2D eigenvalue weighted by atomic mass is 10.1. The highest BCUT2D eigenvalue weighted by molar-refractivity contribution is 7.91. The Balaban J connectivity index is 1.63. The van der Waals surface area contributed by atoms with Gasteiger partial charge in [-0.1, -0.05) is 12.1 Å². The molecule has 1 aliphatic rings. The zero-order valence-corrected chi connectivity index (χ0v) is 17.2. The first kappa shape index (κ1) is 21.4. The second-order valence-corrected chi connectivity index (χ2v) is 9.32. The first-order chi connectivity index (χ1) is 13.9. The van der Waals surface area contributed by atoms with Crippen LogP contribution in [0.5, 0.6) is 0 Å². The second-order valence-electron chi connectivity index (χ2n) is 7.09. The standard InChI is InChI=1S/C20H25FN2O5S/c1-27-11-4-10-23(15-9-12-29(25,26)14-15)20(24)8-7-19-22-13-18(28-19)16-5-2-3-6-17(16)21/h2-3,5-6,13,15H,4,7-12,14H2,1H3. The Morgan fingerprint density at radius 3 is 2.86 bits per heavy atom. The van der Waals surface area contributed by atoms with E-state index in [4.69, 9.17) is 9.15 Å². The summed E-state index contributed by atoms with van der Waals surface area (Å²) in [7, 11) is -1.51. The van der Waals surface area contributed by atoms with E-state index in [1.807, 2.05) is 0 Å². The van der Waals surface area contributed by atoms with E-state index < -0.39 is 15.7 Å². The number of rotatable bonds is 9. The summed E-state index contributed by atoms with van der Waals surface area (Å²) in [5, 5.41) is 0. The minimum atomic E-state index is -3.09. The molecule has 1 amide bonds. The van der Waals surface area contributed by atoms with Gasteiger partial charge in [0.05, 0.1) is 23.3 Å². The van der Waals surface area contributed by atoms with Gasteiger partial charge in [-0.05, 0) is 25.0 Å². The van der Waals surface area contributed by atoms with Gasteiger partial charge in [0.15, 0.2) is 21.5 Å². The number of carbonyl (C=O) groups excluding carboxylic acids is 1. The first-order valence-corrected chi connectivity index (χ1v) is 11.4. The number of nitrogens with zero attached hydrogens (tertiary/aromatic N) is 2. The molecule has 0 N–H and O–H groups in total. The number of sulfone groups is 1. The smallest absolute Gasteiger partial charge is 0.223 e. The van der Waals surface area contributed by atoms with Crippen LogP contribution in [0.4, 0.5) is 4.39 Å². The van der Waals surface area contributed by atoms with Crippen molar-refractivity contribution in [2.24, 2.45) is 0 Å². The van der Waals surface area contributed by atoms with E-state index in [0.717, 1.165) is 0 Å². The highest BCUT2D eigenvalue weighted by Gasteiger charge is 2.34. The maximum Gasteiger partial charge on any atom is 0.223 e. The van der Waals surface area contributed by atoms with E-state index in [1.54, 1.807) is 30.2 Å². The molecule has 0 aliphatic carbocycles. The molecule has 1 atom stereocenters. The Morgan fingerprint density at radius 1 is 1.38 bits per heavy atom. The highest BCUT2D eigenvalue weighted by Crippen LogP contribution is 2.24. The van der Waals surface area contributed by atoms with E-state index in [9.17, 15) is 17.6 Å². The van der Waals surface area contributed by atoms with Crippen molar-refractivity contribution in [3.05, 3.63) is 42.2 Å². The topological polar surface area (TPSA) is 89.7 Å². The maximum atomic E-state index is 13.9. The molecule has 1 aromatic heterocycles. The van der Waals surface area contributed by atoms with Crippen molar-refractivity contribution >= 4 is 15.7 Å². The molecule has 0 spiro atoms. The van der Waals surface area contributed by atoms with Crippen LogP contribution in [0.15, 0.2) is 34.9 Å². The van der Waals surface area contributed by atoms with Crippen LogP contribution in [-0.4, -0.2) is 62.0 Å². The number of benzene rings is 1. The van der Waals surface area contributed by atoms with Crippen LogP contribution in [0, 0.1) is 5.82 Å². The van der Waals surface area contributed by atoms with Crippen LogP contribution in [0.2, 0.25) is 0 Å². The van der Waals surface area contributed by atoms with Gasteiger partial charge in [0, 0.05) is 39.1 Å². The van der Waals surface area contributed by atoms with E-state index >= 15 is 0 Å². The van der Waals surface area contributed by atoms with E-state index in [2.05, 4.69) is 4.98 Å². The lowest BCUT2D eigenvalue weighted by molar-refractivity contribution is -0.133. The van der Waals surface area contributed by atoms with Crippen LogP contribution >= 0.6 is 0 Å². The van der Waals surface area contributed by atoms with Gasteiger partial charge in [0.1, 0.15) is 5.82 Å². The molecule has 9 heteroatoms. The van der Waals surface area contributed by atoms with Gasteiger partial charge in [-0.3, -0.25) is 4.79 Å². The summed E-state index contributed by atoms with van der Waals surface area (Å²) in [5.74, 6) is 0.211. The molecule has 1 fully saturated rings. The Bertz CT molecular complexity index is 944. The molecule has 2 aromatic rings. The number of hydrogen-bond acceptors (Lipinski definition) is 6. The Hall–Kier alpha value is -2.26. The molecular formula is C20H25FN2O5S. The van der Waals surface area contributed by atoms with Gasteiger partial charge >= 0.3 is 0 Å². The summed E-state index contributed by atoms with van der Waals surface area (Å²) >= 11 is 0. The molecule has 29 heavy (non-hydrogen) atoms. The molecule has 7 nitrogen and oxygen atoms in total. The minimum Gasteiger partial charge on any atom is -0.441 e. The van der Waals surface area contributed by atoms with Crippen molar-refractivity contribution in [1.82, 2.24) is 9.88 Å². The zero-order valence-electron chi connectivity index (χ0n) is 16.3. The van der Waals surface area contributed by atoms with Crippen LogP contribution in [0.25, 0.3) is 11.3 Å². The number of aryl methyl sites for hydroxylation is 1. The van der Waals surface area contributed by atoms with E-state index in [-0.39, 0.29) is 36.3 Å². The van der Waals surface area contributed by atoms with Crippen LogP contribution < -0.4 is 0 Å². The van der Waals surface area contributed by atoms with Gasteiger partial charge in [-0.25, -0.2) is 17.8 Å². The quantitative estimate of drug-likeness (QED) is 0.575. The van der Waals surface area contributed by atoms with Gasteiger partial charge in [0.25, 0.3) is 0 Å². The van der Waals surface area contributed by atoms with E-state index in [0.29, 0.717) is 43.2 Å². The Kier molecular flexibility index (Phi) is 7.02. The third-order valence-corrected chi connectivity index (χ3v) is 6.71. The van der Waals surface area contributed by atoms with E-state index in [1.165, 1.54) is 12.3 Å². The molecule has 3 rings (SSSR count). The normalized spacial score (nSPS) is 18.1. The number of halogens is 1. The van der Waals surface area contributed by atoms with Gasteiger partial charge in [-0.2, -0.15) is 0 Å². The number of ether oxygens (including phenoxy) is 1. The number of methoxy groups -OCH3 is 1. The van der Waals surface area contributed by atoms with Crippen molar-refractivity contribution in [3.8, 4) is 11.3 Å². The second kappa shape index (κ2) is 9.49. The molecule has 0 radical (unpaired) electrons. The van der Waals surface area contributed by atoms with Crippen molar-refractivity contribution in [1.29, 1.82) is 0 Å². The average molecular weight is 424 g/mol. The molecule has 158 valence electrons. The summed E-state index contributed by atoms with van der Waals surface area (Å²) in [6.07, 6.45) is 2.93. The predicted molar refractivity (Wildman–Crippen MR) is 105 cm³/mol. The minimum absolute atomic E-state index is 0.00214. The number of amides is 1. The fraction of sp³-hybridized carbons (Fsp3) is 0.500. The predicted octanol–water partition coefficient (Wildman–Crippen LogP) is 2.47. The SMILES string of the molecule is COCCCN(C(=O)CCc1ncc(-c2ccccc2F)o1)C1CCS(=O)(=O)C1. The Labute approximate surface area is 169 Å². The third kappa shape index (κ3) is 5.63. The molecule has 1 saturated heterocycles. The number of hydrogen-bond donors (Lipinski definition) is 0. The summed E-state index contributed by atoms with van der Waals surface area (Å²) in [6.45, 7) is 0.938. The summed E-state index contributed by atoms with van der Waals surface area (Å²) in [6, 6.07) is 5.94. The van der Waals surface area contributed by atoms with Crippen molar-refractivity contribution in [2.45, 2.75) is 31.7 Å². The first-order valence-electron chi connectivity index (χ1n) is 9.58. The lowest BCUT2D eigenvalue weighted by Crippen LogP contribution is -2.42. The molecule has 0 saturated carbocycles. The van der Waals surface area contributed by atoms with Crippen molar-refractivity contribution in [3.63, 3.8) is 0 Å². The molecule has 1 aromatic carbocycles. The average Bonchev–Trinajstić information content (AvgIpc) is 3.30. The fourth-order valence-electron chi connectivity index (χ4n) is 3.48. The highest BCUT2D eigenvalue weighted by atomic mass is 32.2. The number of oxazole rings is 1. The van der Waals surface area contributed by atoms with Gasteiger partial charge in [-0.15, -0.1) is 0 Å². The monoisotopic (exact) mass is 424 g/mol. The van der Waals surface area contributed by atoms with Crippen molar-refractivity contribution < 1.29 is 26.8 Å². The lowest BCUT2D eigenvalue weighted by Gasteiger charge is -2.28. The Morgan fingerprint density at radius 2 is 2.17 bits per heavy atom. The van der Waals surface area contributed by atoms with Crippen molar-refractivity contribution in [2.75, 3.05) is 31.8 Å². The number of carbonyl (C=O) groups is 1. The van der Waals surface area contributed by atoms with Crippen LogP contribution in [0.3, 0.4) is 0 Å². The molecular weight excluding hydrogens is 399 g/mol. The van der Waals surface area contributed by atoms with Gasteiger partial charge < -0.3 is 14.1 Å². The third-order valence-electron chi connectivity index (χ3n) is 4.96. The summed E-state index contributed by atoms with van der Waals surface area (Å²) in [4.78, 5) is 18.6. The molecule has 0 bridgehead atoms. The molecule has 1 unspecified atom stereocenters.